The van der Waals surface area contributed by atoms with Crippen molar-refractivity contribution in [2.75, 3.05) is 0 Å². The molecule has 4 nitrogen and oxygen atoms in total. The molecule has 0 aliphatic heterocycles. The van der Waals surface area contributed by atoms with E-state index in [0.717, 1.165) is 0 Å². The molecule has 0 atom stereocenters. The molecule has 0 bridgehead atoms. The summed E-state index contributed by atoms with van der Waals surface area (Å²) in [4.78, 5) is 0. The second-order valence-corrected chi connectivity index (χ2v) is 2.47. The number of hydrogen-bond acceptors (Lipinski definition) is 4. The summed E-state index contributed by atoms with van der Waals surface area (Å²) in [6, 6.07) is 0. The summed E-state index contributed by atoms with van der Waals surface area (Å²) >= 11 is -5.00. The molecule has 0 unspecified atom stereocenters. The second kappa shape index (κ2) is 11.9. The van der Waals surface area contributed by atoms with Crippen LogP contribution in [0.4, 0.5) is 0 Å². The van der Waals surface area contributed by atoms with Crippen molar-refractivity contribution in [1.29, 1.82) is 0 Å². The van der Waals surface area contributed by atoms with Gasteiger partial charge in [0.2, 0.25) is 0 Å². The topological polar surface area (TPSA) is 80.9 Å². The molecule has 4 N–H and O–H groups in total. The Labute approximate surface area is 160 Å². The fraction of sp³-hybridized carbons (Fsp3) is 0. The van der Waals surface area contributed by atoms with E-state index in [9.17, 15) is 0 Å². The van der Waals surface area contributed by atoms with Crippen molar-refractivity contribution in [3.8, 4) is 0 Å². The molecular weight excluding hydrogens is 377 g/mol. The molecule has 44 valence electrons. The summed E-state index contributed by atoms with van der Waals surface area (Å²) in [5.74, 6) is 0. The Kier molecular flexibility index (Phi) is 34.2. The Morgan fingerprint density at radius 3 is 0.875 bits per heavy atom. The molecule has 0 radical (unpaired) electrons. The van der Waals surface area contributed by atoms with E-state index >= 15 is 0 Å². The fourth-order valence-electron chi connectivity index (χ4n) is 0. The van der Waals surface area contributed by atoms with E-state index in [4.69, 9.17) is 14.8 Å². The monoisotopic (exact) mass is 388 g/mol. The molecule has 0 aliphatic carbocycles. The van der Waals surface area contributed by atoms with Crippen LogP contribution in [0.5, 0.6) is 0 Å². The summed E-state index contributed by atoms with van der Waals surface area (Å²) in [5.41, 5.74) is 0. The molecule has 0 aromatic carbocycles. The molecule has 0 aromatic heterocycles. The Morgan fingerprint density at radius 1 is 0.875 bits per heavy atom. The standard InChI is InChI=1S/Ba.Ca.4H2O.Sr.Ti.6H/h;;4*1H2;;;;;;;;/q;;;;;;;+4;;;;;;/p-4. The first-order valence-electron chi connectivity index (χ1n) is 0.894. The van der Waals surface area contributed by atoms with E-state index in [2.05, 4.69) is 0 Å². The molecule has 0 saturated heterocycles. The van der Waals surface area contributed by atoms with E-state index < -0.39 is 18.1 Å². The van der Waals surface area contributed by atoms with Crippen molar-refractivity contribution in [2.24, 2.45) is 0 Å². The van der Waals surface area contributed by atoms with Gasteiger partial charge < -0.3 is 0 Å². The zero-order chi connectivity index (χ0) is 4.50. The van der Waals surface area contributed by atoms with Crippen molar-refractivity contribution in [3.05, 3.63) is 0 Å². The van der Waals surface area contributed by atoms with Crippen LogP contribution in [0.2, 0.25) is 0 Å². The molecule has 8 heteroatoms. The van der Waals surface area contributed by atoms with Gasteiger partial charge in [0.25, 0.3) is 0 Å². The van der Waals surface area contributed by atoms with Gasteiger partial charge in [-0.15, -0.1) is 0 Å². The summed E-state index contributed by atoms with van der Waals surface area (Å²) in [5, 5.41) is 0. The van der Waals surface area contributed by atoms with E-state index in [-0.39, 0.29) is 132 Å². The molecule has 0 aliphatic rings. The summed E-state index contributed by atoms with van der Waals surface area (Å²) in [6.45, 7) is 0. The molecule has 0 saturated carbocycles. The van der Waals surface area contributed by atoms with Gasteiger partial charge in [-0.2, -0.15) is 0 Å². The van der Waals surface area contributed by atoms with Crippen LogP contribution in [0.25, 0.3) is 0 Å². The first-order chi connectivity index (χ1) is 2.00. The zero-order valence-electron chi connectivity index (χ0n) is 2.29. The maximum atomic E-state index is 7.38. The average molecular weight is 387 g/mol. The maximum absolute atomic E-state index is 7.38. The fourth-order valence-corrected chi connectivity index (χ4v) is 0. The Morgan fingerprint density at radius 2 is 0.875 bits per heavy atom. The molecule has 0 rings (SSSR count). The van der Waals surface area contributed by atoms with Crippen molar-refractivity contribution in [2.45, 2.75) is 0 Å². The van der Waals surface area contributed by atoms with Crippen LogP contribution in [0, 0.1) is 0 Å². The predicted octanol–water partition coefficient (Wildman–Crippen LogP) is -4.98. The molecule has 0 fully saturated rings. The van der Waals surface area contributed by atoms with E-state index in [1.807, 2.05) is 0 Å². The van der Waals surface area contributed by atoms with Crippen molar-refractivity contribution in [1.82, 2.24) is 0 Å². The second-order valence-electron chi connectivity index (χ2n) is 0.600. The Bertz CT molecular complexity index is 31.5. The van der Waals surface area contributed by atoms with E-state index in [1.165, 1.54) is 0 Å². The van der Waals surface area contributed by atoms with Crippen LogP contribution in [0.1, 0.15) is 0 Å². The summed E-state index contributed by atoms with van der Waals surface area (Å²) in [7, 11) is 0. The van der Waals surface area contributed by atoms with Crippen LogP contribution in [-0.2, 0) is 18.1 Å². The Hall–Kier alpha value is 4.87. The minimum absolute atomic E-state index is 0. The van der Waals surface area contributed by atoms with Gasteiger partial charge >= 0.3 is 165 Å². The molecule has 8 heavy (non-hydrogen) atoms. The third kappa shape index (κ3) is 44.7. The third-order valence-corrected chi connectivity index (χ3v) is 0. The van der Waals surface area contributed by atoms with Gasteiger partial charge in [-0.1, -0.05) is 0 Å². The molecule has 0 amide bonds. The van der Waals surface area contributed by atoms with Gasteiger partial charge in [0.1, 0.15) is 0 Å². The van der Waals surface area contributed by atoms with Gasteiger partial charge in [-0.3, -0.25) is 0 Å². The number of rotatable bonds is 0. The minimum atomic E-state index is -5.00. The van der Waals surface area contributed by atoms with Gasteiger partial charge in [-0.05, 0) is 0 Å². The van der Waals surface area contributed by atoms with Crippen LogP contribution in [0.15, 0.2) is 0 Å². The average Bonchev–Trinajstić information content (AvgIpc) is 0.722. The summed E-state index contributed by atoms with van der Waals surface area (Å²) in [6.07, 6.45) is 0. The van der Waals surface area contributed by atoms with Crippen molar-refractivity contribution < 1.29 is 32.9 Å². The first kappa shape index (κ1) is 23.0. The number of hydrogen-bond donors (Lipinski definition) is 4. The molecular formula is H10BaCaO4SrTi. The van der Waals surface area contributed by atoms with Crippen molar-refractivity contribution in [3.63, 3.8) is 0 Å². The van der Waals surface area contributed by atoms with Gasteiger partial charge in [-0.25, -0.2) is 0 Å². The van der Waals surface area contributed by atoms with Crippen LogP contribution >= 0.6 is 0 Å². The van der Waals surface area contributed by atoms with Gasteiger partial charge in [0.05, 0.1) is 0 Å². The predicted molar refractivity (Wildman–Crippen MR) is 34.5 cm³/mol. The first-order valence-corrected chi connectivity index (χ1v) is 3.69. The third-order valence-electron chi connectivity index (χ3n) is 0. The SMILES string of the molecule is [BaH2].[CaH2].[OH][Ti]([OH])([OH])[OH].[SrH2]. The molecule has 0 aromatic rings. The van der Waals surface area contributed by atoms with Gasteiger partial charge in [0.15, 0.2) is 0 Å². The molecule has 0 spiro atoms. The quantitative estimate of drug-likeness (QED) is 0.314. The Balaban J connectivity index is -0.0000000267. The normalized spacial score (nSPS) is 7.50. The van der Waals surface area contributed by atoms with Crippen LogP contribution in [-0.4, -0.2) is 147 Å². The van der Waals surface area contributed by atoms with Crippen LogP contribution in [0.3, 0.4) is 0 Å². The molecule has 0 heterocycles. The van der Waals surface area contributed by atoms with Crippen LogP contribution < -0.4 is 0 Å². The summed E-state index contributed by atoms with van der Waals surface area (Å²) < 4.78 is 29.5. The van der Waals surface area contributed by atoms with E-state index in [0.29, 0.717) is 0 Å². The van der Waals surface area contributed by atoms with Gasteiger partial charge in [0, 0.05) is 0 Å². The zero-order valence-corrected chi connectivity index (χ0v) is 3.85. The van der Waals surface area contributed by atoms with E-state index in [1.54, 1.807) is 0 Å². The van der Waals surface area contributed by atoms with Crippen molar-refractivity contribution >= 4 is 132 Å².